The topological polar surface area (TPSA) is 26.0 Å². The molecule has 1 aliphatic rings. The second-order valence-electron chi connectivity index (χ2n) is 4.40. The first-order chi connectivity index (χ1) is 9.07. The molecule has 1 aromatic carbocycles. The maximum Gasteiger partial charge on any atom is 0.464 e. The fourth-order valence-electron chi connectivity index (χ4n) is 2.03. The fourth-order valence-corrected chi connectivity index (χ4v) is 2.03. The van der Waals surface area contributed by atoms with Gasteiger partial charge >= 0.3 is 6.18 Å². The highest BCUT2D eigenvalue weighted by Gasteiger charge is 2.47. The SMILES string of the molecule is FC(F)(F)[C@@H](N=Cc1ccccc1)[NH+]1CCOCC1. The monoisotopic (exact) mass is 273 g/mol. The molecular weight excluding hydrogens is 257 g/mol. The van der Waals surface area contributed by atoms with Crippen LogP contribution in [0, 0.1) is 0 Å². The van der Waals surface area contributed by atoms with Crippen molar-refractivity contribution in [3.8, 4) is 0 Å². The first-order valence-corrected chi connectivity index (χ1v) is 6.14. The predicted molar refractivity (Wildman–Crippen MR) is 65.4 cm³/mol. The molecule has 0 bridgehead atoms. The average Bonchev–Trinajstić information content (AvgIpc) is 2.40. The zero-order valence-electron chi connectivity index (χ0n) is 10.4. The van der Waals surface area contributed by atoms with Crippen molar-refractivity contribution in [3.63, 3.8) is 0 Å². The summed E-state index contributed by atoms with van der Waals surface area (Å²) in [6.45, 7) is 1.36. The Bertz CT molecular complexity index is 414. The van der Waals surface area contributed by atoms with Crippen molar-refractivity contribution in [3.05, 3.63) is 35.9 Å². The molecule has 1 atom stereocenters. The van der Waals surface area contributed by atoms with E-state index in [4.69, 9.17) is 4.74 Å². The van der Waals surface area contributed by atoms with Crippen LogP contribution in [-0.4, -0.2) is 44.9 Å². The average molecular weight is 273 g/mol. The molecule has 0 amide bonds. The van der Waals surface area contributed by atoms with Crippen LogP contribution in [0.25, 0.3) is 0 Å². The summed E-state index contributed by atoms with van der Waals surface area (Å²) in [5.41, 5.74) is 0.671. The molecule has 2 rings (SSSR count). The Morgan fingerprint density at radius 3 is 2.37 bits per heavy atom. The number of hydrogen-bond acceptors (Lipinski definition) is 2. The second kappa shape index (κ2) is 6.16. The Balaban J connectivity index is 2.12. The zero-order chi connectivity index (χ0) is 13.7. The van der Waals surface area contributed by atoms with Crippen molar-refractivity contribution < 1.29 is 22.8 Å². The molecule has 104 valence electrons. The Morgan fingerprint density at radius 2 is 1.79 bits per heavy atom. The van der Waals surface area contributed by atoms with Crippen molar-refractivity contribution in [1.82, 2.24) is 0 Å². The molecular formula is C13H16F3N2O+. The highest BCUT2D eigenvalue weighted by molar-refractivity contribution is 5.79. The largest absolute Gasteiger partial charge is 0.464 e. The summed E-state index contributed by atoms with van der Waals surface area (Å²) >= 11 is 0. The highest BCUT2D eigenvalue weighted by Crippen LogP contribution is 2.19. The third-order valence-electron chi connectivity index (χ3n) is 3.00. The van der Waals surface area contributed by atoms with E-state index >= 15 is 0 Å². The molecule has 1 aromatic rings. The van der Waals surface area contributed by atoms with Gasteiger partial charge in [-0.2, -0.15) is 13.2 Å². The number of hydrogen-bond donors (Lipinski definition) is 1. The van der Waals surface area contributed by atoms with E-state index in [1.165, 1.54) is 6.21 Å². The van der Waals surface area contributed by atoms with Gasteiger partial charge in [-0.15, -0.1) is 0 Å². The lowest BCUT2D eigenvalue weighted by Crippen LogP contribution is -3.19. The van der Waals surface area contributed by atoms with E-state index in [1.807, 2.05) is 6.07 Å². The van der Waals surface area contributed by atoms with E-state index < -0.39 is 12.3 Å². The minimum atomic E-state index is -4.34. The number of halogens is 3. The van der Waals surface area contributed by atoms with Gasteiger partial charge in [0.05, 0.1) is 13.2 Å². The summed E-state index contributed by atoms with van der Waals surface area (Å²) in [4.78, 5) is 4.15. The van der Waals surface area contributed by atoms with Gasteiger partial charge in [-0.25, -0.2) is 4.99 Å². The zero-order valence-corrected chi connectivity index (χ0v) is 10.4. The van der Waals surface area contributed by atoms with Gasteiger partial charge in [0.2, 0.25) is 0 Å². The van der Waals surface area contributed by atoms with Gasteiger partial charge in [0.15, 0.2) is 0 Å². The van der Waals surface area contributed by atoms with Crippen molar-refractivity contribution in [2.24, 2.45) is 4.99 Å². The number of quaternary nitrogens is 1. The van der Waals surface area contributed by atoms with Gasteiger partial charge in [-0.1, -0.05) is 30.3 Å². The number of rotatable bonds is 3. The van der Waals surface area contributed by atoms with Crippen LogP contribution in [0.1, 0.15) is 5.56 Å². The number of nitrogens with one attached hydrogen (secondary N) is 1. The predicted octanol–water partition coefficient (Wildman–Crippen LogP) is 0.909. The van der Waals surface area contributed by atoms with Crippen LogP contribution in [0.5, 0.6) is 0 Å². The van der Waals surface area contributed by atoms with Crippen molar-refractivity contribution in [2.45, 2.75) is 12.3 Å². The normalized spacial score (nSPS) is 19.7. The van der Waals surface area contributed by atoms with Gasteiger partial charge in [0.1, 0.15) is 13.1 Å². The molecule has 3 nitrogen and oxygen atoms in total. The maximum absolute atomic E-state index is 13.0. The van der Waals surface area contributed by atoms with Crippen LogP contribution in [0.4, 0.5) is 13.2 Å². The quantitative estimate of drug-likeness (QED) is 0.814. The minimum absolute atomic E-state index is 0.330. The number of ether oxygens (including phenoxy) is 1. The molecule has 1 saturated heterocycles. The van der Waals surface area contributed by atoms with E-state index in [0.29, 0.717) is 36.8 Å². The van der Waals surface area contributed by atoms with Crippen molar-refractivity contribution in [2.75, 3.05) is 26.3 Å². The Morgan fingerprint density at radius 1 is 1.16 bits per heavy atom. The summed E-state index contributed by atoms with van der Waals surface area (Å²) in [6.07, 6.45) is -4.75. The third-order valence-corrected chi connectivity index (χ3v) is 3.00. The summed E-state index contributed by atoms with van der Waals surface area (Å²) in [5, 5.41) is 0. The molecule has 1 N–H and O–H groups in total. The number of nitrogens with zero attached hydrogens (tertiary/aromatic N) is 1. The number of benzene rings is 1. The molecule has 1 aliphatic heterocycles. The molecule has 0 aromatic heterocycles. The lowest BCUT2D eigenvalue weighted by molar-refractivity contribution is -0.943. The van der Waals surface area contributed by atoms with Gasteiger partial charge in [0.25, 0.3) is 6.17 Å². The third kappa shape index (κ3) is 4.04. The van der Waals surface area contributed by atoms with E-state index in [0.717, 1.165) is 0 Å². The summed E-state index contributed by atoms with van der Waals surface area (Å²) < 4.78 is 44.2. The highest BCUT2D eigenvalue weighted by atomic mass is 19.4. The molecule has 1 heterocycles. The van der Waals surface area contributed by atoms with E-state index in [2.05, 4.69) is 4.99 Å². The van der Waals surface area contributed by atoms with Crippen LogP contribution >= 0.6 is 0 Å². The molecule has 0 aliphatic carbocycles. The molecule has 0 unspecified atom stereocenters. The lowest BCUT2D eigenvalue weighted by atomic mass is 10.2. The van der Waals surface area contributed by atoms with Gasteiger partial charge in [-0.05, 0) is 5.56 Å². The van der Waals surface area contributed by atoms with Crippen LogP contribution in [0.15, 0.2) is 35.3 Å². The second-order valence-corrected chi connectivity index (χ2v) is 4.40. The maximum atomic E-state index is 13.0. The van der Waals surface area contributed by atoms with Gasteiger partial charge in [0, 0.05) is 6.21 Å². The van der Waals surface area contributed by atoms with Gasteiger partial charge < -0.3 is 9.64 Å². The molecule has 1 fully saturated rings. The Labute approximate surface area is 109 Å². The van der Waals surface area contributed by atoms with E-state index in [1.54, 1.807) is 24.3 Å². The Kier molecular flexibility index (Phi) is 4.55. The Hall–Kier alpha value is -1.40. The molecule has 0 radical (unpaired) electrons. The minimum Gasteiger partial charge on any atom is -0.370 e. The summed E-state index contributed by atoms with van der Waals surface area (Å²) in [5.74, 6) is 0. The van der Waals surface area contributed by atoms with Crippen molar-refractivity contribution in [1.29, 1.82) is 0 Å². The first kappa shape index (κ1) is 14.0. The van der Waals surface area contributed by atoms with Crippen LogP contribution in [0.3, 0.4) is 0 Å². The van der Waals surface area contributed by atoms with Gasteiger partial charge in [-0.3, -0.25) is 0 Å². The molecule has 19 heavy (non-hydrogen) atoms. The number of aliphatic imine (C=N–C) groups is 1. The van der Waals surface area contributed by atoms with E-state index in [9.17, 15) is 13.2 Å². The smallest absolute Gasteiger partial charge is 0.370 e. The fraction of sp³-hybridized carbons (Fsp3) is 0.462. The molecule has 0 saturated carbocycles. The van der Waals surface area contributed by atoms with Crippen LogP contribution in [0.2, 0.25) is 0 Å². The number of morpholine rings is 1. The molecule has 6 heteroatoms. The van der Waals surface area contributed by atoms with Crippen molar-refractivity contribution >= 4 is 6.21 Å². The first-order valence-electron chi connectivity index (χ1n) is 6.14. The molecule has 0 spiro atoms. The van der Waals surface area contributed by atoms with Crippen LogP contribution in [-0.2, 0) is 4.74 Å². The summed E-state index contributed by atoms with van der Waals surface area (Å²) in [7, 11) is 0. The number of alkyl halides is 3. The lowest BCUT2D eigenvalue weighted by Gasteiger charge is -2.29. The summed E-state index contributed by atoms with van der Waals surface area (Å²) in [6, 6.07) is 8.81. The van der Waals surface area contributed by atoms with E-state index in [-0.39, 0.29) is 0 Å². The standard InChI is InChI=1S/C13H15F3N2O/c14-13(15,16)12(18-6-8-19-9-7-18)17-10-11-4-2-1-3-5-11/h1-5,10,12H,6-9H2/p+1/t12-/m0/s1. The van der Waals surface area contributed by atoms with Crippen LogP contribution < -0.4 is 4.90 Å².